The molecule has 0 aliphatic rings. The summed E-state index contributed by atoms with van der Waals surface area (Å²) in [7, 11) is 0. The smallest absolute Gasteiger partial charge is 0.306 e. The van der Waals surface area contributed by atoms with Crippen LogP contribution in [0.25, 0.3) is 0 Å². The van der Waals surface area contributed by atoms with Crippen molar-refractivity contribution >= 4 is 17.9 Å². The van der Waals surface area contributed by atoms with Crippen molar-refractivity contribution in [2.75, 3.05) is 13.2 Å². The van der Waals surface area contributed by atoms with Crippen molar-refractivity contribution in [3.63, 3.8) is 0 Å². The van der Waals surface area contributed by atoms with Crippen molar-refractivity contribution in [3.8, 4) is 0 Å². The average Bonchev–Trinajstić information content (AvgIpc) is 3.39. The highest BCUT2D eigenvalue weighted by Gasteiger charge is 2.19. The lowest BCUT2D eigenvalue weighted by atomic mass is 10.0. The van der Waals surface area contributed by atoms with Gasteiger partial charge < -0.3 is 14.2 Å². The van der Waals surface area contributed by atoms with Crippen molar-refractivity contribution in [3.05, 3.63) is 97.2 Å². The van der Waals surface area contributed by atoms with E-state index in [-0.39, 0.29) is 31.1 Å². The normalized spacial score (nSPS) is 12.8. The van der Waals surface area contributed by atoms with Gasteiger partial charge in [0.05, 0.1) is 0 Å². The fourth-order valence-corrected chi connectivity index (χ4v) is 8.48. The molecule has 0 N–H and O–H groups in total. The molecule has 0 aliphatic heterocycles. The lowest BCUT2D eigenvalue weighted by molar-refractivity contribution is -0.167. The molecule has 0 bridgehead atoms. The predicted octanol–water partition coefficient (Wildman–Crippen LogP) is 20.9. The molecule has 0 heterocycles. The monoisotopic (exact) mass is 1010 g/mol. The summed E-state index contributed by atoms with van der Waals surface area (Å²) in [6.45, 7) is 6.50. The zero-order valence-corrected chi connectivity index (χ0v) is 47.9. The molecule has 0 aromatic carbocycles. The van der Waals surface area contributed by atoms with Crippen LogP contribution in [0.1, 0.15) is 290 Å². The lowest BCUT2D eigenvalue weighted by Crippen LogP contribution is -2.30. The molecule has 0 aromatic rings. The molecule has 6 heteroatoms. The van der Waals surface area contributed by atoms with Crippen molar-refractivity contribution in [1.29, 1.82) is 0 Å². The summed E-state index contributed by atoms with van der Waals surface area (Å²) in [6.07, 6.45) is 81.1. The first-order chi connectivity index (χ1) is 36.0. The first-order valence-corrected chi connectivity index (χ1v) is 30.7. The van der Waals surface area contributed by atoms with Gasteiger partial charge in [-0.3, -0.25) is 14.4 Å². The molecule has 0 rings (SSSR count). The topological polar surface area (TPSA) is 78.9 Å². The molecule has 0 amide bonds. The maximum Gasteiger partial charge on any atom is 0.306 e. The summed E-state index contributed by atoms with van der Waals surface area (Å²) in [6, 6.07) is 0. The highest BCUT2D eigenvalue weighted by atomic mass is 16.6. The zero-order chi connectivity index (χ0) is 52.9. The third-order valence-electron chi connectivity index (χ3n) is 13.1. The Kier molecular flexibility index (Phi) is 57.8. The zero-order valence-electron chi connectivity index (χ0n) is 47.9. The van der Waals surface area contributed by atoms with Crippen LogP contribution >= 0.6 is 0 Å². The predicted molar refractivity (Wildman–Crippen MR) is 316 cm³/mol. The number of ether oxygens (including phenoxy) is 3. The second-order valence-electron chi connectivity index (χ2n) is 20.2. The van der Waals surface area contributed by atoms with E-state index in [1.165, 1.54) is 135 Å². The van der Waals surface area contributed by atoms with Crippen LogP contribution in [0.15, 0.2) is 97.2 Å². The molecule has 1 unspecified atom stereocenters. The Labute approximate surface area is 451 Å². The van der Waals surface area contributed by atoms with Crippen LogP contribution in [-0.4, -0.2) is 37.2 Å². The van der Waals surface area contributed by atoms with E-state index in [4.69, 9.17) is 14.2 Å². The minimum atomic E-state index is -0.791. The summed E-state index contributed by atoms with van der Waals surface area (Å²) in [4.78, 5) is 38.3. The van der Waals surface area contributed by atoms with Gasteiger partial charge in [-0.15, -0.1) is 0 Å². The summed E-state index contributed by atoms with van der Waals surface area (Å²) in [5.74, 6) is -0.907. The number of rotatable bonds is 55. The van der Waals surface area contributed by atoms with E-state index in [1.54, 1.807) is 0 Å². The van der Waals surface area contributed by atoms with Gasteiger partial charge in [-0.2, -0.15) is 0 Å². The van der Waals surface area contributed by atoms with E-state index in [1.807, 2.05) is 0 Å². The van der Waals surface area contributed by atoms with Crippen LogP contribution in [0.3, 0.4) is 0 Å². The highest BCUT2D eigenvalue weighted by molar-refractivity contribution is 5.71. The largest absolute Gasteiger partial charge is 0.462 e. The second-order valence-corrected chi connectivity index (χ2v) is 20.2. The van der Waals surface area contributed by atoms with E-state index in [9.17, 15) is 14.4 Å². The van der Waals surface area contributed by atoms with Gasteiger partial charge in [0.1, 0.15) is 13.2 Å². The van der Waals surface area contributed by atoms with Gasteiger partial charge in [-0.1, -0.05) is 266 Å². The molecule has 418 valence electrons. The maximum atomic E-state index is 12.9. The van der Waals surface area contributed by atoms with Crippen molar-refractivity contribution < 1.29 is 28.6 Å². The van der Waals surface area contributed by atoms with Crippen molar-refractivity contribution in [2.45, 2.75) is 297 Å². The number of allylic oxidation sites excluding steroid dienone is 16. The number of esters is 3. The van der Waals surface area contributed by atoms with E-state index in [0.717, 1.165) is 116 Å². The quantitative estimate of drug-likeness (QED) is 0.0261. The van der Waals surface area contributed by atoms with Crippen molar-refractivity contribution in [2.24, 2.45) is 0 Å². The Bertz CT molecular complexity index is 1440. The van der Waals surface area contributed by atoms with E-state index in [2.05, 4.69) is 118 Å². The number of carbonyl (C=O) groups is 3. The van der Waals surface area contributed by atoms with Crippen molar-refractivity contribution in [1.82, 2.24) is 0 Å². The van der Waals surface area contributed by atoms with Crippen LogP contribution in [-0.2, 0) is 28.6 Å². The fraction of sp³-hybridized carbons (Fsp3) is 0.716. The second kappa shape index (κ2) is 60.9. The first-order valence-electron chi connectivity index (χ1n) is 30.7. The fourth-order valence-electron chi connectivity index (χ4n) is 8.48. The lowest BCUT2D eigenvalue weighted by Gasteiger charge is -2.18. The Hall–Kier alpha value is -3.67. The molecular weight excluding hydrogens is 901 g/mol. The standard InChI is InChI=1S/C67H114O6/c1-4-7-10-13-16-19-22-25-27-29-31-32-33-34-36-37-39-42-45-48-51-54-57-60-66(69)72-63-64(62-71-65(68)59-56-53-50-47-44-41-24-21-18-15-12-9-6-3)73-67(70)61-58-55-52-49-46-43-40-38-35-30-28-26-23-20-17-14-11-8-5-2/h7,10,16-17,19-20,25-28,31-32,34,36,39,42,64H,4-6,8-9,11-15,18,21-24,29-30,33,35,37-38,40-41,43-63H2,1-3H3/b10-7-,19-16-,20-17-,27-25-,28-26-,32-31-,36-34-,42-39-. The summed E-state index contributed by atoms with van der Waals surface area (Å²) in [5.41, 5.74) is 0. The number of hydrogen-bond acceptors (Lipinski definition) is 6. The Balaban J connectivity index is 4.41. The minimum absolute atomic E-state index is 0.0856. The number of unbranched alkanes of at least 4 members (excludes halogenated alkanes) is 28. The molecule has 6 nitrogen and oxygen atoms in total. The Morgan fingerprint density at radius 1 is 0.288 bits per heavy atom. The van der Waals surface area contributed by atoms with Gasteiger partial charge in [0, 0.05) is 19.3 Å². The molecule has 0 saturated carbocycles. The SMILES string of the molecule is CC/C=C\C/C=C\C/C=C\C/C=C\C/C=C\C/C=C\CCCCCCC(=O)OCC(COC(=O)CCCCCCCCCCCCCCC)OC(=O)CCCCCCCCCCC/C=C\C/C=C\CCCCC. The Morgan fingerprint density at radius 2 is 0.534 bits per heavy atom. The molecular formula is C67H114O6. The van der Waals surface area contributed by atoms with E-state index in [0.29, 0.717) is 19.3 Å². The summed E-state index contributed by atoms with van der Waals surface area (Å²) in [5, 5.41) is 0. The van der Waals surface area contributed by atoms with Gasteiger partial charge >= 0.3 is 17.9 Å². The third-order valence-corrected chi connectivity index (χ3v) is 13.1. The number of hydrogen-bond donors (Lipinski definition) is 0. The van der Waals surface area contributed by atoms with Gasteiger partial charge in [-0.05, 0) is 103 Å². The van der Waals surface area contributed by atoms with Gasteiger partial charge in [0.15, 0.2) is 6.10 Å². The summed E-state index contributed by atoms with van der Waals surface area (Å²) >= 11 is 0. The molecule has 73 heavy (non-hydrogen) atoms. The molecule has 0 fully saturated rings. The van der Waals surface area contributed by atoms with Gasteiger partial charge in [-0.25, -0.2) is 0 Å². The van der Waals surface area contributed by atoms with E-state index >= 15 is 0 Å². The molecule has 0 aromatic heterocycles. The average molecular weight is 1020 g/mol. The summed E-state index contributed by atoms with van der Waals surface area (Å²) < 4.78 is 16.9. The Morgan fingerprint density at radius 3 is 0.863 bits per heavy atom. The van der Waals surface area contributed by atoms with Gasteiger partial charge in [0.25, 0.3) is 0 Å². The van der Waals surface area contributed by atoms with Crippen LogP contribution in [0.4, 0.5) is 0 Å². The number of carbonyl (C=O) groups excluding carboxylic acids is 3. The molecule has 0 spiro atoms. The van der Waals surface area contributed by atoms with E-state index < -0.39 is 6.10 Å². The van der Waals surface area contributed by atoms with Crippen LogP contribution in [0.5, 0.6) is 0 Å². The van der Waals surface area contributed by atoms with Crippen LogP contribution < -0.4 is 0 Å². The molecule has 0 saturated heterocycles. The minimum Gasteiger partial charge on any atom is -0.462 e. The molecule has 0 radical (unpaired) electrons. The molecule has 1 atom stereocenters. The maximum absolute atomic E-state index is 12.9. The highest BCUT2D eigenvalue weighted by Crippen LogP contribution is 2.16. The van der Waals surface area contributed by atoms with Gasteiger partial charge in [0.2, 0.25) is 0 Å². The van der Waals surface area contributed by atoms with Crippen LogP contribution in [0, 0.1) is 0 Å². The first kappa shape index (κ1) is 69.3. The van der Waals surface area contributed by atoms with Crippen LogP contribution in [0.2, 0.25) is 0 Å². The third kappa shape index (κ3) is 59.1. The molecule has 0 aliphatic carbocycles.